The van der Waals surface area contributed by atoms with Gasteiger partial charge in [-0.05, 0) is 45.8 Å². The Kier molecular flexibility index (Phi) is 5.86. The lowest BCUT2D eigenvalue weighted by molar-refractivity contribution is 0.0124. The zero-order valence-electron chi connectivity index (χ0n) is 16.5. The topological polar surface area (TPSA) is 72.0 Å². The first-order valence-electron chi connectivity index (χ1n) is 9.45. The van der Waals surface area contributed by atoms with Gasteiger partial charge in [0.2, 0.25) is 5.88 Å². The van der Waals surface area contributed by atoms with E-state index in [1.165, 1.54) is 11.0 Å². The molecule has 0 N–H and O–H groups in total. The largest absolute Gasteiger partial charge is 0.456 e. The van der Waals surface area contributed by atoms with Crippen molar-refractivity contribution >= 4 is 12.0 Å². The van der Waals surface area contributed by atoms with Crippen molar-refractivity contribution in [2.75, 3.05) is 19.8 Å². The van der Waals surface area contributed by atoms with Crippen LogP contribution in [0.5, 0.6) is 5.88 Å². The van der Waals surface area contributed by atoms with Crippen LogP contribution in [-0.4, -0.2) is 58.2 Å². The van der Waals surface area contributed by atoms with Crippen molar-refractivity contribution in [2.24, 2.45) is 0 Å². The minimum atomic E-state index is -0.674. The molecule has 8 heteroatoms. The summed E-state index contributed by atoms with van der Waals surface area (Å²) in [6.45, 7) is 5.78. The molecule has 1 aromatic rings. The zero-order chi connectivity index (χ0) is 20.3. The highest BCUT2D eigenvalue weighted by atomic mass is 19.1. The molecule has 7 nitrogen and oxygen atoms in total. The summed E-state index contributed by atoms with van der Waals surface area (Å²) in [6, 6.07) is 3.71. The van der Waals surface area contributed by atoms with E-state index in [1.807, 2.05) is 4.90 Å². The van der Waals surface area contributed by atoms with Crippen LogP contribution in [-0.2, 0) is 11.2 Å². The maximum absolute atomic E-state index is 12.5. The SMILES string of the molecule is CC(C)(C)OC(=O)N(CC=CF)COc1ccc2c(n1)CCN(C1CC1)C2=O. The smallest absolute Gasteiger partial charge is 0.413 e. The van der Waals surface area contributed by atoms with Crippen LogP contribution in [0.2, 0.25) is 0 Å². The molecule has 1 aliphatic heterocycles. The van der Waals surface area contributed by atoms with Crippen LogP contribution in [0.1, 0.15) is 49.7 Å². The first-order valence-corrected chi connectivity index (χ1v) is 9.45. The Bertz CT molecular complexity index is 771. The van der Waals surface area contributed by atoms with Crippen LogP contribution in [0, 0.1) is 0 Å². The van der Waals surface area contributed by atoms with Gasteiger partial charge in [-0.3, -0.25) is 9.69 Å². The third kappa shape index (κ3) is 4.99. The Labute approximate surface area is 164 Å². The number of halogens is 1. The summed E-state index contributed by atoms with van der Waals surface area (Å²) < 4.78 is 23.3. The van der Waals surface area contributed by atoms with Gasteiger partial charge in [0, 0.05) is 31.6 Å². The molecule has 0 saturated heterocycles. The molecule has 2 aliphatic rings. The molecule has 152 valence electrons. The zero-order valence-corrected chi connectivity index (χ0v) is 16.5. The summed E-state index contributed by atoms with van der Waals surface area (Å²) >= 11 is 0. The number of pyridine rings is 1. The lowest BCUT2D eigenvalue weighted by Gasteiger charge is -2.28. The van der Waals surface area contributed by atoms with E-state index in [0.717, 1.165) is 12.8 Å². The Morgan fingerprint density at radius 3 is 2.79 bits per heavy atom. The Balaban J connectivity index is 1.65. The van der Waals surface area contributed by atoms with Gasteiger partial charge >= 0.3 is 6.09 Å². The molecule has 3 rings (SSSR count). The molecule has 0 spiro atoms. The second-order valence-corrected chi connectivity index (χ2v) is 7.96. The molecule has 1 aromatic heterocycles. The van der Waals surface area contributed by atoms with Gasteiger partial charge in [0.05, 0.1) is 17.6 Å². The van der Waals surface area contributed by atoms with Crippen molar-refractivity contribution < 1.29 is 23.5 Å². The van der Waals surface area contributed by atoms with E-state index in [-0.39, 0.29) is 19.2 Å². The molecule has 0 unspecified atom stereocenters. The van der Waals surface area contributed by atoms with Gasteiger partial charge in [0.15, 0.2) is 6.73 Å². The van der Waals surface area contributed by atoms with Gasteiger partial charge in [0.1, 0.15) is 5.60 Å². The second-order valence-electron chi connectivity index (χ2n) is 7.96. The number of amides is 2. The molecule has 2 amide bonds. The monoisotopic (exact) mass is 391 g/mol. The molecule has 0 radical (unpaired) electrons. The van der Waals surface area contributed by atoms with Gasteiger partial charge in [-0.25, -0.2) is 14.2 Å². The lowest BCUT2D eigenvalue weighted by Crippen LogP contribution is -2.40. The summed E-state index contributed by atoms with van der Waals surface area (Å²) in [6.07, 6.45) is 3.77. The predicted octanol–water partition coefficient (Wildman–Crippen LogP) is 3.30. The van der Waals surface area contributed by atoms with Crippen LogP contribution in [0.25, 0.3) is 0 Å². The van der Waals surface area contributed by atoms with Crippen molar-refractivity contribution in [3.05, 3.63) is 35.8 Å². The van der Waals surface area contributed by atoms with E-state index < -0.39 is 11.7 Å². The van der Waals surface area contributed by atoms with Gasteiger partial charge in [-0.1, -0.05) is 0 Å². The van der Waals surface area contributed by atoms with Crippen LogP contribution in [0.15, 0.2) is 24.5 Å². The van der Waals surface area contributed by atoms with E-state index in [2.05, 4.69) is 4.98 Å². The second kappa shape index (κ2) is 8.16. The van der Waals surface area contributed by atoms with E-state index in [0.29, 0.717) is 42.5 Å². The standard InChI is InChI=1S/C20H26FN3O4/c1-20(2,3)28-19(26)23(11-4-10-21)13-27-17-8-7-15-16(22-17)9-12-24(18(15)25)14-5-6-14/h4,7-8,10,14H,5-6,9,11-13H2,1-3H3. The first-order chi connectivity index (χ1) is 13.3. The van der Waals surface area contributed by atoms with Gasteiger partial charge in [0.25, 0.3) is 5.91 Å². The fraction of sp³-hybridized carbons (Fsp3) is 0.550. The van der Waals surface area contributed by atoms with Gasteiger partial charge in [-0.15, -0.1) is 0 Å². The third-order valence-corrected chi connectivity index (χ3v) is 4.45. The molecule has 0 atom stereocenters. The Hall–Kier alpha value is -2.64. The highest BCUT2D eigenvalue weighted by Crippen LogP contribution is 2.31. The summed E-state index contributed by atoms with van der Waals surface area (Å²) in [5.41, 5.74) is 0.633. The molecule has 0 bridgehead atoms. The van der Waals surface area contributed by atoms with Crippen molar-refractivity contribution in [3.8, 4) is 5.88 Å². The minimum Gasteiger partial charge on any atom is -0.456 e. The van der Waals surface area contributed by atoms with Crippen molar-refractivity contribution in [1.29, 1.82) is 0 Å². The highest BCUT2D eigenvalue weighted by Gasteiger charge is 2.36. The predicted molar refractivity (Wildman–Crippen MR) is 101 cm³/mol. The molecule has 28 heavy (non-hydrogen) atoms. The fourth-order valence-corrected chi connectivity index (χ4v) is 2.98. The molecule has 0 aromatic carbocycles. The van der Waals surface area contributed by atoms with Gasteiger partial charge in [-0.2, -0.15) is 0 Å². The Morgan fingerprint density at radius 2 is 2.14 bits per heavy atom. The lowest BCUT2D eigenvalue weighted by atomic mass is 10.0. The quantitative estimate of drug-likeness (QED) is 0.696. The molecule has 2 heterocycles. The minimum absolute atomic E-state index is 0.00515. The van der Waals surface area contributed by atoms with Crippen molar-refractivity contribution in [3.63, 3.8) is 0 Å². The Morgan fingerprint density at radius 1 is 1.39 bits per heavy atom. The summed E-state index contributed by atoms with van der Waals surface area (Å²) in [7, 11) is 0. The number of aromatic nitrogens is 1. The van der Waals surface area contributed by atoms with Crippen molar-refractivity contribution in [1.82, 2.24) is 14.8 Å². The normalized spacial score (nSPS) is 16.9. The van der Waals surface area contributed by atoms with E-state index in [4.69, 9.17) is 9.47 Å². The number of carbonyl (C=O) groups excluding carboxylic acids is 2. The average Bonchev–Trinajstić information content (AvgIpc) is 3.45. The molecular weight excluding hydrogens is 365 g/mol. The van der Waals surface area contributed by atoms with Crippen LogP contribution < -0.4 is 4.74 Å². The molecule has 1 aliphatic carbocycles. The number of rotatable bonds is 6. The number of hydrogen-bond donors (Lipinski definition) is 0. The van der Waals surface area contributed by atoms with Gasteiger partial charge < -0.3 is 14.4 Å². The molecule has 1 fully saturated rings. The maximum atomic E-state index is 12.5. The van der Waals surface area contributed by atoms with Crippen LogP contribution in [0.3, 0.4) is 0 Å². The number of hydrogen-bond acceptors (Lipinski definition) is 5. The van der Waals surface area contributed by atoms with E-state index in [9.17, 15) is 14.0 Å². The van der Waals surface area contributed by atoms with Crippen LogP contribution >= 0.6 is 0 Å². The molecular formula is C20H26FN3O4. The summed E-state index contributed by atoms with van der Waals surface area (Å²) in [5.74, 6) is 0.329. The third-order valence-electron chi connectivity index (χ3n) is 4.45. The average molecular weight is 391 g/mol. The first kappa shape index (κ1) is 20.1. The van der Waals surface area contributed by atoms with E-state index >= 15 is 0 Å². The van der Waals surface area contributed by atoms with Crippen LogP contribution in [0.4, 0.5) is 9.18 Å². The fourth-order valence-electron chi connectivity index (χ4n) is 2.98. The van der Waals surface area contributed by atoms with Crippen molar-refractivity contribution in [2.45, 2.75) is 51.7 Å². The summed E-state index contributed by atoms with van der Waals surface area (Å²) in [5, 5.41) is 0. The summed E-state index contributed by atoms with van der Waals surface area (Å²) in [4.78, 5) is 32.4. The van der Waals surface area contributed by atoms with E-state index in [1.54, 1.807) is 32.9 Å². The number of fused-ring (bicyclic) bond motifs is 1. The number of nitrogens with zero attached hydrogens (tertiary/aromatic N) is 3. The maximum Gasteiger partial charge on any atom is 0.413 e. The highest BCUT2D eigenvalue weighted by molar-refractivity contribution is 5.96. The molecule has 1 saturated carbocycles. The number of carbonyl (C=O) groups is 2. The number of ether oxygens (including phenoxy) is 2.